The molecular weight excluding hydrogens is 452 g/mol. The van der Waals surface area contributed by atoms with Gasteiger partial charge in [0, 0.05) is 22.4 Å². The van der Waals surface area contributed by atoms with Crippen LogP contribution in [0.2, 0.25) is 0 Å². The number of hydrogen-bond donors (Lipinski definition) is 3. The zero-order valence-electron chi connectivity index (χ0n) is 20.9. The van der Waals surface area contributed by atoms with Gasteiger partial charge in [-0.2, -0.15) is 0 Å². The van der Waals surface area contributed by atoms with Crippen LogP contribution in [0.1, 0.15) is 57.7 Å². The molecule has 0 saturated carbocycles. The molecule has 0 aliphatic heterocycles. The van der Waals surface area contributed by atoms with E-state index in [0.29, 0.717) is 28.5 Å². The minimum Gasteiger partial charge on any atom is -0.480 e. The number of hydrogen-bond acceptors (Lipinski definition) is 6. The first-order chi connectivity index (χ1) is 16.3. The molecule has 0 aliphatic carbocycles. The molecule has 1 aromatic carbocycles. The molecule has 2 atom stereocenters. The molecule has 2 aromatic heterocycles. The second-order valence-electron chi connectivity index (χ2n) is 9.96. The van der Waals surface area contributed by atoms with E-state index in [1.807, 2.05) is 13.0 Å². The van der Waals surface area contributed by atoms with Crippen molar-refractivity contribution in [1.82, 2.24) is 10.6 Å². The number of amides is 2. The van der Waals surface area contributed by atoms with Crippen LogP contribution in [0, 0.1) is 12.8 Å². The summed E-state index contributed by atoms with van der Waals surface area (Å²) in [6.45, 7) is 11.1. The number of carboxylic acid groups (broad SMARTS) is 1. The minimum absolute atomic E-state index is 0.152. The molecule has 2 amide bonds. The van der Waals surface area contributed by atoms with Gasteiger partial charge in [-0.3, -0.25) is 9.59 Å². The van der Waals surface area contributed by atoms with Gasteiger partial charge in [0.1, 0.15) is 17.2 Å². The van der Waals surface area contributed by atoms with Crippen LogP contribution in [0.3, 0.4) is 0 Å². The molecule has 0 bridgehead atoms. The Labute approximate surface area is 202 Å². The number of carbonyl (C=O) groups is 3. The third-order valence-electron chi connectivity index (χ3n) is 6.37. The van der Waals surface area contributed by atoms with Gasteiger partial charge in [0.15, 0.2) is 0 Å². The van der Waals surface area contributed by atoms with Gasteiger partial charge in [-0.15, -0.1) is 0 Å². The van der Waals surface area contributed by atoms with E-state index in [1.54, 1.807) is 26.2 Å². The molecule has 0 aliphatic rings. The van der Waals surface area contributed by atoms with Crippen molar-refractivity contribution in [2.75, 3.05) is 6.54 Å². The Hall–Kier alpha value is -3.62. The zero-order chi connectivity index (χ0) is 26.1. The maximum atomic E-state index is 12.6. The molecule has 35 heavy (non-hydrogen) atoms. The Morgan fingerprint density at radius 2 is 1.77 bits per heavy atom. The summed E-state index contributed by atoms with van der Waals surface area (Å²) in [5, 5.41) is 15.8. The van der Waals surface area contributed by atoms with Crippen LogP contribution in [0.4, 0.5) is 0 Å². The van der Waals surface area contributed by atoms with Crippen molar-refractivity contribution < 1.29 is 28.3 Å². The number of carbonyl (C=O) groups excluding carboxylic acids is 2. The summed E-state index contributed by atoms with van der Waals surface area (Å²) in [5.41, 5.74) is 2.00. The summed E-state index contributed by atoms with van der Waals surface area (Å²) in [6.07, 6.45) is 2.00. The lowest BCUT2D eigenvalue weighted by molar-refractivity contribution is -0.143. The quantitative estimate of drug-likeness (QED) is 0.416. The van der Waals surface area contributed by atoms with Gasteiger partial charge in [0.2, 0.25) is 11.8 Å². The van der Waals surface area contributed by atoms with Gasteiger partial charge >= 0.3 is 11.6 Å². The predicted molar refractivity (Wildman–Crippen MR) is 131 cm³/mol. The molecule has 2 unspecified atom stereocenters. The van der Waals surface area contributed by atoms with Gasteiger partial charge in [0.25, 0.3) is 0 Å². The van der Waals surface area contributed by atoms with Crippen molar-refractivity contribution in [3.05, 3.63) is 45.5 Å². The van der Waals surface area contributed by atoms with Gasteiger partial charge in [0.05, 0.1) is 24.8 Å². The van der Waals surface area contributed by atoms with Gasteiger partial charge in [-0.05, 0) is 29.9 Å². The topological polar surface area (TPSA) is 139 Å². The van der Waals surface area contributed by atoms with Crippen LogP contribution in [0.15, 0.2) is 32.0 Å². The van der Waals surface area contributed by atoms with Gasteiger partial charge in [-0.1, -0.05) is 41.0 Å². The number of furan rings is 1. The van der Waals surface area contributed by atoms with Gasteiger partial charge in [-0.25, -0.2) is 9.59 Å². The van der Waals surface area contributed by atoms with E-state index < -0.39 is 36.0 Å². The average Bonchev–Trinajstić information content (AvgIpc) is 3.20. The van der Waals surface area contributed by atoms with Crippen molar-refractivity contribution >= 4 is 39.7 Å². The third kappa shape index (κ3) is 5.55. The maximum absolute atomic E-state index is 12.6. The smallest absolute Gasteiger partial charge is 0.340 e. The molecule has 188 valence electrons. The number of aliphatic carboxylic acids is 1. The highest BCUT2D eigenvalue weighted by molar-refractivity contribution is 5.97. The fourth-order valence-electron chi connectivity index (χ4n) is 4.00. The van der Waals surface area contributed by atoms with Crippen molar-refractivity contribution in [1.29, 1.82) is 0 Å². The first kappa shape index (κ1) is 26.0. The predicted octanol–water partition coefficient (Wildman–Crippen LogP) is 3.42. The number of nitrogens with one attached hydrogen (secondary N) is 2. The third-order valence-corrected chi connectivity index (χ3v) is 6.37. The lowest BCUT2D eigenvalue weighted by Gasteiger charge is -2.20. The highest BCUT2D eigenvalue weighted by atomic mass is 16.4. The standard InChI is InChI=1S/C26H32N2O7/c1-7-13(2)23(24(31)32)28-22(30)11-27-21(29)9-16-14(3)15-8-17-18(26(4,5)6)12-34-19(17)10-20(15)35-25(16)33/h8,10,12-13,23H,7,9,11H2,1-6H3,(H,27,29)(H,28,30)(H,31,32). The van der Waals surface area contributed by atoms with Crippen LogP contribution in [0.25, 0.3) is 21.9 Å². The number of fused-ring (bicyclic) bond motifs is 2. The number of rotatable bonds is 8. The summed E-state index contributed by atoms with van der Waals surface area (Å²) < 4.78 is 11.2. The molecule has 3 rings (SSSR count). The van der Waals surface area contributed by atoms with Crippen molar-refractivity contribution in [2.45, 2.75) is 65.8 Å². The minimum atomic E-state index is -1.13. The molecule has 3 N–H and O–H groups in total. The normalized spacial score (nSPS) is 13.5. The van der Waals surface area contributed by atoms with E-state index >= 15 is 0 Å². The lowest BCUT2D eigenvalue weighted by Crippen LogP contribution is -2.48. The van der Waals surface area contributed by atoms with Crippen molar-refractivity contribution in [3.8, 4) is 0 Å². The number of carboxylic acids is 1. The maximum Gasteiger partial charge on any atom is 0.340 e. The highest BCUT2D eigenvalue weighted by Gasteiger charge is 2.26. The summed E-state index contributed by atoms with van der Waals surface area (Å²) in [6, 6.07) is 2.54. The van der Waals surface area contributed by atoms with E-state index in [2.05, 4.69) is 31.4 Å². The van der Waals surface area contributed by atoms with E-state index in [1.165, 1.54) is 0 Å². The lowest BCUT2D eigenvalue weighted by atomic mass is 9.86. The number of aryl methyl sites for hydroxylation is 1. The molecule has 2 heterocycles. The summed E-state index contributed by atoms with van der Waals surface area (Å²) in [7, 11) is 0. The Balaban J connectivity index is 1.80. The van der Waals surface area contributed by atoms with Gasteiger partial charge < -0.3 is 24.6 Å². The molecule has 0 radical (unpaired) electrons. The molecule has 0 saturated heterocycles. The summed E-state index contributed by atoms with van der Waals surface area (Å²) >= 11 is 0. The number of benzene rings is 1. The molecule has 9 heteroatoms. The van der Waals surface area contributed by atoms with E-state index in [0.717, 1.165) is 10.9 Å². The molecule has 9 nitrogen and oxygen atoms in total. The van der Waals surface area contributed by atoms with Crippen LogP contribution < -0.4 is 16.3 Å². The molecule has 0 spiro atoms. The highest BCUT2D eigenvalue weighted by Crippen LogP contribution is 2.35. The first-order valence-electron chi connectivity index (χ1n) is 11.6. The second kappa shape index (κ2) is 9.93. The first-order valence-corrected chi connectivity index (χ1v) is 11.6. The Kier molecular flexibility index (Phi) is 7.38. The summed E-state index contributed by atoms with van der Waals surface area (Å²) in [5.74, 6) is -2.57. The summed E-state index contributed by atoms with van der Waals surface area (Å²) in [4.78, 5) is 48.7. The fraction of sp³-hybridized carbons (Fsp3) is 0.462. The van der Waals surface area contributed by atoms with Crippen LogP contribution in [0.5, 0.6) is 0 Å². The van der Waals surface area contributed by atoms with E-state index in [9.17, 15) is 24.3 Å². The van der Waals surface area contributed by atoms with Crippen LogP contribution >= 0.6 is 0 Å². The Morgan fingerprint density at radius 1 is 1.09 bits per heavy atom. The van der Waals surface area contributed by atoms with Crippen molar-refractivity contribution in [2.24, 2.45) is 5.92 Å². The second-order valence-corrected chi connectivity index (χ2v) is 9.96. The Bertz CT molecular complexity index is 1340. The molecular formula is C26H32N2O7. The van der Waals surface area contributed by atoms with E-state index in [-0.39, 0.29) is 23.3 Å². The van der Waals surface area contributed by atoms with Crippen molar-refractivity contribution in [3.63, 3.8) is 0 Å². The Morgan fingerprint density at radius 3 is 2.37 bits per heavy atom. The monoisotopic (exact) mass is 484 g/mol. The average molecular weight is 485 g/mol. The van der Waals surface area contributed by atoms with Crippen LogP contribution in [-0.4, -0.2) is 35.5 Å². The zero-order valence-corrected chi connectivity index (χ0v) is 20.9. The molecule has 0 fully saturated rings. The van der Waals surface area contributed by atoms with E-state index in [4.69, 9.17) is 8.83 Å². The van der Waals surface area contributed by atoms with Crippen LogP contribution in [-0.2, 0) is 26.2 Å². The SMILES string of the molecule is CCC(C)C(NC(=O)CNC(=O)Cc1c(C)c2cc3c(C(C)(C)C)coc3cc2oc1=O)C(=O)O. The largest absolute Gasteiger partial charge is 0.480 e. The molecule has 3 aromatic rings. The fourth-order valence-corrected chi connectivity index (χ4v) is 4.00.